The first-order chi connectivity index (χ1) is 13.1. The fourth-order valence-electron chi connectivity index (χ4n) is 2.97. The van der Waals surface area contributed by atoms with Gasteiger partial charge in [-0.15, -0.1) is 0 Å². The molecule has 0 saturated carbocycles. The van der Waals surface area contributed by atoms with Crippen molar-refractivity contribution in [3.05, 3.63) is 41.7 Å². The van der Waals surface area contributed by atoms with Crippen molar-refractivity contribution in [1.82, 2.24) is 20.0 Å². The highest BCUT2D eigenvalue weighted by Crippen LogP contribution is 2.22. The zero-order valence-electron chi connectivity index (χ0n) is 17.7. The molecule has 2 aromatic rings. The fraction of sp³-hybridized carbons (Fsp3) is 0.476. The zero-order chi connectivity index (χ0) is 20.9. The molecular weight excluding hydrogens is 354 g/mol. The smallest absolute Gasteiger partial charge is 0.238 e. The summed E-state index contributed by atoms with van der Waals surface area (Å²) in [7, 11) is 0. The number of likely N-dealkylation sites (N-methyl/N-ethyl adjacent to an activating group) is 1. The number of carbonyl (C=O) groups is 2. The molecule has 1 aromatic heterocycles. The molecule has 0 spiro atoms. The van der Waals surface area contributed by atoms with E-state index in [1.54, 1.807) is 0 Å². The molecule has 0 aliphatic rings. The summed E-state index contributed by atoms with van der Waals surface area (Å²) in [6, 6.07) is 9.79. The minimum atomic E-state index is -0.293. The third-order valence-electron chi connectivity index (χ3n) is 4.25. The number of nitrogens with one attached hydrogen (secondary N) is 2. The van der Waals surface area contributed by atoms with Crippen molar-refractivity contribution < 1.29 is 9.59 Å². The highest BCUT2D eigenvalue weighted by Gasteiger charge is 2.20. The molecule has 0 saturated heterocycles. The van der Waals surface area contributed by atoms with Gasteiger partial charge >= 0.3 is 0 Å². The number of benzene rings is 1. The van der Waals surface area contributed by atoms with Gasteiger partial charge in [-0.25, -0.2) is 4.68 Å². The van der Waals surface area contributed by atoms with E-state index in [4.69, 9.17) is 0 Å². The topological polar surface area (TPSA) is 79.3 Å². The molecular formula is C21H31N5O2. The number of rotatable bonds is 7. The second-order valence-electron chi connectivity index (χ2n) is 7.94. The lowest BCUT2D eigenvalue weighted by Crippen LogP contribution is -2.47. The summed E-state index contributed by atoms with van der Waals surface area (Å²) in [5, 5.41) is 10.4. The van der Waals surface area contributed by atoms with Crippen molar-refractivity contribution in [2.75, 3.05) is 25.0 Å². The number of anilines is 1. The maximum atomic E-state index is 12.6. The number of para-hydroxylation sites is 1. The summed E-state index contributed by atoms with van der Waals surface area (Å²) in [5.41, 5.74) is 2.98. The van der Waals surface area contributed by atoms with Gasteiger partial charge in [0.1, 0.15) is 0 Å². The van der Waals surface area contributed by atoms with Crippen molar-refractivity contribution in [2.45, 2.75) is 47.1 Å². The van der Waals surface area contributed by atoms with Crippen LogP contribution in [0.25, 0.3) is 5.69 Å². The van der Waals surface area contributed by atoms with Gasteiger partial charge < -0.3 is 10.6 Å². The Bertz CT molecular complexity index is 821. The minimum absolute atomic E-state index is 0.0913. The quantitative estimate of drug-likeness (QED) is 0.768. The standard InChI is InChI=1S/C21H31N5O2/c1-7-25(14-19(28)23-21(4,5)6)13-18(27)22-20-15(2)24-26(16(20)3)17-11-9-8-10-12-17/h8-12H,7,13-14H2,1-6H3,(H,22,27)(H,23,28). The van der Waals surface area contributed by atoms with Crippen LogP contribution in [0.1, 0.15) is 39.1 Å². The van der Waals surface area contributed by atoms with Crippen LogP contribution >= 0.6 is 0 Å². The average molecular weight is 386 g/mol. The van der Waals surface area contributed by atoms with Gasteiger partial charge in [0.25, 0.3) is 0 Å². The largest absolute Gasteiger partial charge is 0.350 e. The number of aromatic nitrogens is 2. The number of hydrogen-bond donors (Lipinski definition) is 2. The lowest BCUT2D eigenvalue weighted by atomic mass is 10.1. The zero-order valence-corrected chi connectivity index (χ0v) is 17.7. The van der Waals surface area contributed by atoms with Gasteiger partial charge in [-0.3, -0.25) is 14.5 Å². The molecule has 2 amide bonds. The summed E-state index contributed by atoms with van der Waals surface area (Å²) in [4.78, 5) is 26.5. The molecule has 1 heterocycles. The molecule has 2 N–H and O–H groups in total. The monoisotopic (exact) mass is 385 g/mol. The first-order valence-corrected chi connectivity index (χ1v) is 9.55. The Morgan fingerprint density at radius 2 is 1.68 bits per heavy atom. The van der Waals surface area contributed by atoms with Crippen molar-refractivity contribution >= 4 is 17.5 Å². The van der Waals surface area contributed by atoms with E-state index in [0.29, 0.717) is 12.2 Å². The van der Waals surface area contributed by atoms with Crippen LogP contribution in [0.15, 0.2) is 30.3 Å². The first kappa shape index (κ1) is 21.6. The van der Waals surface area contributed by atoms with E-state index in [9.17, 15) is 9.59 Å². The van der Waals surface area contributed by atoms with Crippen LogP contribution in [-0.2, 0) is 9.59 Å². The summed E-state index contributed by atoms with van der Waals surface area (Å²) in [6.07, 6.45) is 0. The predicted octanol–water partition coefficient (Wildman–Crippen LogP) is 2.66. The third-order valence-corrected chi connectivity index (χ3v) is 4.25. The molecule has 0 fully saturated rings. The van der Waals surface area contributed by atoms with E-state index in [1.165, 1.54) is 0 Å². The Morgan fingerprint density at radius 1 is 1.07 bits per heavy atom. The summed E-state index contributed by atoms with van der Waals surface area (Å²) in [5.74, 6) is -0.254. The highest BCUT2D eigenvalue weighted by atomic mass is 16.2. The van der Waals surface area contributed by atoms with E-state index >= 15 is 0 Å². The lowest BCUT2D eigenvalue weighted by Gasteiger charge is -2.24. The van der Waals surface area contributed by atoms with Gasteiger partial charge in [-0.05, 0) is 53.3 Å². The molecule has 152 valence electrons. The van der Waals surface area contributed by atoms with Crippen molar-refractivity contribution in [1.29, 1.82) is 0 Å². The maximum Gasteiger partial charge on any atom is 0.238 e. The van der Waals surface area contributed by atoms with Gasteiger partial charge in [0.15, 0.2) is 0 Å². The third kappa shape index (κ3) is 5.92. The molecule has 1 aromatic carbocycles. The molecule has 0 atom stereocenters. The Balaban J connectivity index is 2.04. The van der Waals surface area contributed by atoms with Crippen molar-refractivity contribution in [2.24, 2.45) is 0 Å². The van der Waals surface area contributed by atoms with Crippen LogP contribution in [-0.4, -0.2) is 51.7 Å². The van der Waals surface area contributed by atoms with Gasteiger partial charge in [-0.2, -0.15) is 5.10 Å². The number of aryl methyl sites for hydroxylation is 1. The van der Waals surface area contributed by atoms with Crippen LogP contribution < -0.4 is 10.6 Å². The van der Waals surface area contributed by atoms with Crippen molar-refractivity contribution in [3.8, 4) is 5.69 Å². The van der Waals surface area contributed by atoms with E-state index < -0.39 is 0 Å². The lowest BCUT2D eigenvalue weighted by molar-refractivity contribution is -0.124. The van der Waals surface area contributed by atoms with Crippen LogP contribution in [0.3, 0.4) is 0 Å². The van der Waals surface area contributed by atoms with E-state index in [1.807, 2.05) is 81.5 Å². The van der Waals surface area contributed by atoms with Gasteiger partial charge in [0.05, 0.1) is 35.9 Å². The summed E-state index contributed by atoms with van der Waals surface area (Å²) < 4.78 is 1.82. The molecule has 7 nitrogen and oxygen atoms in total. The second kappa shape index (κ2) is 9.01. The molecule has 0 radical (unpaired) electrons. The van der Waals surface area contributed by atoms with Gasteiger partial charge in [-0.1, -0.05) is 25.1 Å². The molecule has 0 aliphatic heterocycles. The van der Waals surface area contributed by atoms with Crippen LogP contribution in [0.4, 0.5) is 5.69 Å². The fourth-order valence-corrected chi connectivity index (χ4v) is 2.97. The number of hydrogen-bond acceptors (Lipinski definition) is 4. The van der Waals surface area contributed by atoms with Crippen LogP contribution in [0.5, 0.6) is 0 Å². The Kier molecular flexibility index (Phi) is 6.96. The molecule has 7 heteroatoms. The predicted molar refractivity (Wildman–Crippen MR) is 112 cm³/mol. The van der Waals surface area contributed by atoms with Gasteiger partial charge in [0.2, 0.25) is 11.8 Å². The minimum Gasteiger partial charge on any atom is -0.350 e. The van der Waals surface area contributed by atoms with E-state index in [2.05, 4.69) is 15.7 Å². The van der Waals surface area contributed by atoms with E-state index in [-0.39, 0.29) is 30.4 Å². The van der Waals surface area contributed by atoms with Crippen molar-refractivity contribution in [3.63, 3.8) is 0 Å². The Hall–Kier alpha value is -2.67. The average Bonchev–Trinajstić information content (AvgIpc) is 2.88. The molecule has 0 bridgehead atoms. The molecule has 0 unspecified atom stereocenters. The second-order valence-corrected chi connectivity index (χ2v) is 7.94. The van der Waals surface area contributed by atoms with Gasteiger partial charge in [0, 0.05) is 5.54 Å². The van der Waals surface area contributed by atoms with Crippen LogP contribution in [0, 0.1) is 13.8 Å². The summed E-state index contributed by atoms with van der Waals surface area (Å²) >= 11 is 0. The number of amides is 2. The van der Waals surface area contributed by atoms with E-state index in [0.717, 1.165) is 17.1 Å². The molecule has 0 aliphatic carbocycles. The van der Waals surface area contributed by atoms with Crippen LogP contribution in [0.2, 0.25) is 0 Å². The normalized spacial score (nSPS) is 11.5. The number of nitrogens with zero attached hydrogens (tertiary/aromatic N) is 3. The summed E-state index contributed by atoms with van der Waals surface area (Å²) in [6.45, 7) is 12.5. The first-order valence-electron chi connectivity index (χ1n) is 9.55. The Morgan fingerprint density at radius 3 is 2.25 bits per heavy atom. The molecule has 2 rings (SSSR count). The number of carbonyl (C=O) groups excluding carboxylic acids is 2. The SMILES string of the molecule is CCN(CC(=O)Nc1c(C)nn(-c2ccccc2)c1C)CC(=O)NC(C)(C)C. The maximum absolute atomic E-state index is 12.6. The Labute approximate surface area is 167 Å². The highest BCUT2D eigenvalue weighted by molar-refractivity contribution is 5.93. The molecule has 28 heavy (non-hydrogen) atoms.